The molecule has 1 atom stereocenters. The summed E-state index contributed by atoms with van der Waals surface area (Å²) in [7, 11) is 0. The van der Waals surface area contributed by atoms with Crippen LogP contribution in [0.2, 0.25) is 0 Å². The molecule has 142 valence electrons. The van der Waals surface area contributed by atoms with Gasteiger partial charge < -0.3 is 16.5 Å². The number of allylic oxidation sites excluding steroid dienone is 2. The van der Waals surface area contributed by atoms with Crippen LogP contribution in [0.5, 0.6) is 0 Å². The molecule has 4 N–H and O–H groups in total. The van der Waals surface area contributed by atoms with E-state index in [-0.39, 0.29) is 12.2 Å². The highest BCUT2D eigenvalue weighted by Crippen LogP contribution is 2.36. The minimum absolute atomic E-state index is 0.00271. The van der Waals surface area contributed by atoms with E-state index in [1.807, 2.05) is 13.0 Å². The fourth-order valence-electron chi connectivity index (χ4n) is 2.74. The Bertz CT molecular complexity index is 837. The minimum atomic E-state index is -0.886. The average Bonchev–Trinajstić information content (AvgIpc) is 2.60. The highest BCUT2D eigenvalue weighted by Gasteiger charge is 2.31. The van der Waals surface area contributed by atoms with Gasteiger partial charge in [0.2, 0.25) is 0 Å². The van der Waals surface area contributed by atoms with Crippen molar-refractivity contribution in [2.24, 2.45) is 10.7 Å². The van der Waals surface area contributed by atoms with Crippen molar-refractivity contribution >= 4 is 29.1 Å². The number of hydrogen-bond donors (Lipinski definition) is 3. The van der Waals surface area contributed by atoms with Crippen molar-refractivity contribution in [3.63, 3.8) is 0 Å². The third kappa shape index (κ3) is 5.13. The Morgan fingerprint density at radius 2 is 2.22 bits per heavy atom. The van der Waals surface area contributed by atoms with Crippen molar-refractivity contribution in [3.8, 4) is 0 Å². The van der Waals surface area contributed by atoms with E-state index in [1.165, 1.54) is 30.1 Å². The number of hydrogen-bond acceptors (Lipinski definition) is 6. The molecule has 0 bridgehead atoms. The van der Waals surface area contributed by atoms with Crippen molar-refractivity contribution in [2.75, 3.05) is 6.54 Å². The smallest absolute Gasteiger partial charge is 0.270 e. The highest BCUT2D eigenvalue weighted by atomic mass is 32.2. The number of thioether (sulfide) groups is 1. The lowest BCUT2D eigenvalue weighted by Crippen LogP contribution is -2.30. The number of halogens is 1. The topological polar surface area (TPSA) is 104 Å². The number of carbonyl (C=O) groups excluding carboxylic acids is 1. The molecular formula is C19H22FN5OS. The van der Waals surface area contributed by atoms with Crippen molar-refractivity contribution in [3.05, 3.63) is 64.1 Å². The average molecular weight is 387 g/mol. The molecule has 0 aliphatic carbocycles. The molecule has 1 aliphatic rings. The number of pyridine rings is 1. The largest absolute Gasteiger partial charge is 0.378 e. The zero-order valence-electron chi connectivity index (χ0n) is 15.4. The van der Waals surface area contributed by atoms with Crippen LogP contribution in [0.1, 0.15) is 36.8 Å². The van der Waals surface area contributed by atoms with Crippen molar-refractivity contribution < 1.29 is 9.18 Å². The number of nitrogens with one attached hydrogen (secondary N) is 2. The summed E-state index contributed by atoms with van der Waals surface area (Å²) < 4.78 is 14.8. The van der Waals surface area contributed by atoms with Gasteiger partial charge in [-0.15, -0.1) is 0 Å². The van der Waals surface area contributed by atoms with Crippen molar-refractivity contribution in [2.45, 2.75) is 26.3 Å². The summed E-state index contributed by atoms with van der Waals surface area (Å²) >= 11 is 1.35. The predicted molar refractivity (Wildman–Crippen MR) is 109 cm³/mol. The van der Waals surface area contributed by atoms with Gasteiger partial charge in [0, 0.05) is 30.1 Å². The van der Waals surface area contributed by atoms with Gasteiger partial charge in [-0.1, -0.05) is 17.8 Å². The molecule has 6 nitrogen and oxygen atoms in total. The van der Waals surface area contributed by atoms with Gasteiger partial charge in [0.1, 0.15) is 17.1 Å². The summed E-state index contributed by atoms with van der Waals surface area (Å²) in [6, 6.07) is 3.13. The molecule has 0 saturated carbocycles. The third-order valence-electron chi connectivity index (χ3n) is 3.91. The SMILES string of the molecule is C/C=C(\C(F)=C/CNC(=O)c1ccc(C=N)cn1)C1(C)C=C(C)SC(N)=N1. The van der Waals surface area contributed by atoms with Crippen LogP contribution < -0.4 is 11.1 Å². The van der Waals surface area contributed by atoms with E-state index in [4.69, 9.17) is 11.1 Å². The van der Waals surface area contributed by atoms with E-state index in [2.05, 4.69) is 15.3 Å². The zero-order valence-corrected chi connectivity index (χ0v) is 16.2. The molecule has 2 rings (SSSR count). The number of carbonyl (C=O) groups is 1. The predicted octanol–water partition coefficient (Wildman–Crippen LogP) is 3.33. The summed E-state index contributed by atoms with van der Waals surface area (Å²) in [5.41, 5.74) is 6.14. The molecule has 0 fully saturated rings. The van der Waals surface area contributed by atoms with E-state index in [1.54, 1.807) is 26.0 Å². The summed E-state index contributed by atoms with van der Waals surface area (Å²) in [5.74, 6) is -0.893. The number of nitrogens with two attached hydrogens (primary N) is 1. The molecule has 1 aliphatic heterocycles. The lowest BCUT2D eigenvalue weighted by atomic mass is 9.90. The quantitative estimate of drug-likeness (QED) is 0.514. The second-order valence-corrected chi connectivity index (χ2v) is 7.31. The molecule has 1 unspecified atom stereocenters. The molecule has 1 aromatic rings. The number of aliphatic imine (C=N–C) groups is 1. The van der Waals surface area contributed by atoms with E-state index in [0.29, 0.717) is 16.3 Å². The van der Waals surface area contributed by atoms with Gasteiger partial charge in [-0.3, -0.25) is 9.78 Å². The Balaban J connectivity index is 2.08. The molecule has 0 saturated heterocycles. The van der Waals surface area contributed by atoms with Gasteiger partial charge in [-0.2, -0.15) is 0 Å². The first kappa shape index (κ1) is 20.6. The maximum Gasteiger partial charge on any atom is 0.270 e. The minimum Gasteiger partial charge on any atom is -0.378 e. The second kappa shape index (κ2) is 8.77. The summed E-state index contributed by atoms with van der Waals surface area (Å²) in [6.07, 6.45) is 7.38. The standard InChI is InChI=1S/C19H22FN5OS/c1-4-14(19(3)9-12(2)27-18(22)25-19)15(20)7-8-23-17(26)16-6-5-13(10-21)11-24-16/h4-7,9-11,21H,8H2,1-3H3,(H2,22,25)(H,23,26)/b14-4+,15-7+,21-10?. The number of amidine groups is 1. The monoisotopic (exact) mass is 387 g/mol. The van der Waals surface area contributed by atoms with Gasteiger partial charge in [0.25, 0.3) is 5.91 Å². The first-order valence-corrected chi connectivity index (χ1v) is 9.11. The fraction of sp³-hybridized carbons (Fsp3) is 0.263. The Morgan fingerprint density at radius 3 is 2.78 bits per heavy atom. The fourth-order valence-corrected chi connectivity index (χ4v) is 3.60. The zero-order chi connectivity index (χ0) is 20.0. The van der Waals surface area contributed by atoms with Crippen LogP contribution in [0.15, 0.2) is 57.9 Å². The number of nitrogens with zero attached hydrogens (tertiary/aromatic N) is 2. The Labute approximate surface area is 162 Å². The summed E-state index contributed by atoms with van der Waals surface area (Å²) in [6.45, 7) is 5.43. The molecule has 1 aromatic heterocycles. The van der Waals surface area contributed by atoms with Crippen LogP contribution in [0.25, 0.3) is 0 Å². The molecule has 0 spiro atoms. The summed E-state index contributed by atoms with van der Waals surface area (Å²) in [5, 5.41) is 10.1. The summed E-state index contributed by atoms with van der Waals surface area (Å²) in [4.78, 5) is 21.4. The Kier molecular flexibility index (Phi) is 6.68. The number of amides is 1. The normalized spacial score (nSPS) is 20.6. The van der Waals surface area contributed by atoms with Gasteiger partial charge in [-0.05, 0) is 50.0 Å². The van der Waals surface area contributed by atoms with Gasteiger partial charge in [0.15, 0.2) is 5.17 Å². The van der Waals surface area contributed by atoms with E-state index in [0.717, 1.165) is 11.1 Å². The van der Waals surface area contributed by atoms with Crippen LogP contribution in [0, 0.1) is 5.41 Å². The lowest BCUT2D eigenvalue weighted by molar-refractivity contribution is 0.0953. The highest BCUT2D eigenvalue weighted by molar-refractivity contribution is 8.17. The maximum atomic E-state index is 14.8. The van der Waals surface area contributed by atoms with E-state index in [9.17, 15) is 9.18 Å². The molecule has 1 amide bonds. The van der Waals surface area contributed by atoms with Crippen LogP contribution in [-0.2, 0) is 0 Å². The van der Waals surface area contributed by atoms with E-state index >= 15 is 0 Å². The van der Waals surface area contributed by atoms with Gasteiger partial charge >= 0.3 is 0 Å². The molecule has 0 aromatic carbocycles. The number of rotatable bonds is 6. The Morgan fingerprint density at radius 1 is 1.48 bits per heavy atom. The lowest BCUT2D eigenvalue weighted by Gasteiger charge is -2.28. The number of aromatic nitrogens is 1. The van der Waals surface area contributed by atoms with Crippen molar-refractivity contribution in [1.82, 2.24) is 10.3 Å². The first-order valence-electron chi connectivity index (χ1n) is 8.29. The van der Waals surface area contributed by atoms with Crippen molar-refractivity contribution in [1.29, 1.82) is 5.41 Å². The van der Waals surface area contributed by atoms with Gasteiger partial charge in [0.05, 0.1) is 0 Å². The second-order valence-electron chi connectivity index (χ2n) is 6.04. The molecule has 0 radical (unpaired) electrons. The molecule has 2 heterocycles. The maximum absolute atomic E-state index is 14.8. The molecule has 8 heteroatoms. The van der Waals surface area contributed by atoms with Crippen LogP contribution in [0.3, 0.4) is 0 Å². The molecular weight excluding hydrogens is 365 g/mol. The van der Waals surface area contributed by atoms with Gasteiger partial charge in [-0.25, -0.2) is 9.38 Å². The first-order chi connectivity index (χ1) is 12.8. The van der Waals surface area contributed by atoms with E-state index < -0.39 is 17.3 Å². The van der Waals surface area contributed by atoms with Crippen LogP contribution in [-0.4, -0.2) is 34.4 Å². The van der Waals surface area contributed by atoms with Crippen LogP contribution >= 0.6 is 11.8 Å². The Hall–Kier alpha value is -2.74. The third-order valence-corrected chi connectivity index (χ3v) is 4.65. The molecule has 27 heavy (non-hydrogen) atoms. The van der Waals surface area contributed by atoms with Crippen LogP contribution in [0.4, 0.5) is 4.39 Å².